The van der Waals surface area contributed by atoms with E-state index in [2.05, 4.69) is 204 Å². The molecule has 12 aromatic rings. The van der Waals surface area contributed by atoms with Gasteiger partial charge < -0.3 is 13.9 Å². The minimum Gasteiger partial charge on any atom is -0.435 e. The fraction of sp³-hybridized carbons (Fsp3) is 0. The average Bonchev–Trinajstić information content (AvgIpc) is 3.93. The Balaban J connectivity index is 1.02. The van der Waals surface area contributed by atoms with Gasteiger partial charge in [0.25, 0.3) is 0 Å². The van der Waals surface area contributed by atoms with Crippen molar-refractivity contribution in [3.8, 4) is 39.4 Å². The van der Waals surface area contributed by atoms with Crippen molar-refractivity contribution in [2.75, 3.05) is 4.90 Å². The Kier molecular flexibility index (Phi) is 8.13. The van der Waals surface area contributed by atoms with Crippen LogP contribution in [0.1, 0.15) is 0 Å². The fourth-order valence-electron chi connectivity index (χ4n) is 9.12. The number of rotatable bonds is 7. The third-order valence-corrected chi connectivity index (χ3v) is 12.0. The van der Waals surface area contributed by atoms with E-state index in [4.69, 9.17) is 9.40 Å². The van der Waals surface area contributed by atoms with Crippen molar-refractivity contribution in [2.45, 2.75) is 0 Å². The van der Waals surface area contributed by atoms with Crippen LogP contribution in [0.15, 0.2) is 229 Å². The van der Waals surface area contributed by atoms with Crippen LogP contribution >= 0.6 is 0 Å². The molecule has 0 amide bonds. The van der Waals surface area contributed by atoms with E-state index >= 15 is 0 Å². The number of benzene rings is 10. The second-order valence-corrected chi connectivity index (χ2v) is 15.6. The maximum atomic E-state index is 6.55. The molecule has 0 N–H and O–H groups in total. The summed E-state index contributed by atoms with van der Waals surface area (Å²) in [6.07, 6.45) is 0. The van der Waals surface area contributed by atoms with E-state index < -0.39 is 0 Å². The monoisotopic (exact) mass is 779 g/mol. The molecule has 0 saturated heterocycles. The summed E-state index contributed by atoms with van der Waals surface area (Å²) in [5.41, 5.74) is 13.7. The molecule has 61 heavy (non-hydrogen) atoms. The van der Waals surface area contributed by atoms with Gasteiger partial charge in [-0.25, -0.2) is 4.98 Å². The summed E-state index contributed by atoms with van der Waals surface area (Å²) >= 11 is 0. The van der Waals surface area contributed by atoms with Crippen LogP contribution in [0.25, 0.3) is 93.8 Å². The van der Waals surface area contributed by atoms with Crippen molar-refractivity contribution >= 4 is 71.5 Å². The number of nitrogens with zero attached hydrogens (tertiary/aromatic N) is 3. The Morgan fingerprint density at radius 2 is 0.951 bits per heavy atom. The standard InChI is InChI=1S/C57H37N3O/c1-3-15-41(16-4-1)57-58-55-52(36-42-17-8-10-22-49(42)56(55)61-57)40-28-32-45(33-29-40)59(44-30-26-39(27-31-44)48-24-13-18-38-14-7-9-21-47(38)48)46-34-35-51-50-23-11-12-25-53(50)60(54(51)37-46)43-19-5-2-6-20-43/h1-37H. The molecule has 10 aromatic carbocycles. The van der Waals surface area contributed by atoms with Gasteiger partial charge in [0.15, 0.2) is 5.58 Å². The van der Waals surface area contributed by atoms with E-state index in [1.807, 2.05) is 30.3 Å². The minimum atomic E-state index is 0.617. The van der Waals surface area contributed by atoms with E-state index in [1.165, 1.54) is 38.2 Å². The van der Waals surface area contributed by atoms with Gasteiger partial charge in [0.05, 0.1) is 11.0 Å². The molecular weight excluding hydrogens is 743 g/mol. The molecule has 0 fully saturated rings. The lowest BCUT2D eigenvalue weighted by Gasteiger charge is -2.26. The van der Waals surface area contributed by atoms with Crippen LogP contribution in [0.5, 0.6) is 0 Å². The van der Waals surface area contributed by atoms with Gasteiger partial charge in [-0.05, 0) is 106 Å². The molecule has 4 nitrogen and oxygen atoms in total. The SMILES string of the molecule is c1ccc(-c2nc3c(-c4ccc(N(c5ccc(-c6cccc7ccccc67)cc5)c5ccc6c7ccccc7n(-c7ccccc7)c6c5)cc4)cc4ccccc4c3o2)cc1. The molecule has 0 radical (unpaired) electrons. The normalized spacial score (nSPS) is 11.6. The Morgan fingerprint density at radius 3 is 1.70 bits per heavy atom. The number of para-hydroxylation sites is 2. The van der Waals surface area contributed by atoms with Crippen molar-refractivity contribution in [1.82, 2.24) is 9.55 Å². The number of hydrogen-bond acceptors (Lipinski definition) is 3. The van der Waals surface area contributed by atoms with E-state index in [0.29, 0.717) is 5.89 Å². The highest BCUT2D eigenvalue weighted by Gasteiger charge is 2.20. The Morgan fingerprint density at radius 1 is 0.377 bits per heavy atom. The van der Waals surface area contributed by atoms with Crippen molar-refractivity contribution in [3.63, 3.8) is 0 Å². The van der Waals surface area contributed by atoms with E-state index in [-0.39, 0.29) is 0 Å². The van der Waals surface area contributed by atoms with Gasteiger partial charge in [-0.15, -0.1) is 0 Å². The first-order chi connectivity index (χ1) is 30.2. The third-order valence-electron chi connectivity index (χ3n) is 12.0. The Hall–Kier alpha value is -8.21. The third kappa shape index (κ3) is 5.88. The zero-order valence-electron chi connectivity index (χ0n) is 33.1. The lowest BCUT2D eigenvalue weighted by molar-refractivity contribution is 0.623. The second kappa shape index (κ2) is 14.3. The van der Waals surface area contributed by atoms with Gasteiger partial charge in [0.1, 0.15) is 5.52 Å². The fourth-order valence-corrected chi connectivity index (χ4v) is 9.12. The molecule has 0 aliphatic heterocycles. The number of anilines is 3. The van der Waals surface area contributed by atoms with Crippen molar-refractivity contribution < 1.29 is 4.42 Å². The molecule has 0 atom stereocenters. The molecule has 2 heterocycles. The summed E-state index contributed by atoms with van der Waals surface area (Å²) in [4.78, 5) is 7.48. The Labute approximate surface area is 352 Å². The van der Waals surface area contributed by atoms with Crippen molar-refractivity contribution in [3.05, 3.63) is 224 Å². The molecule has 0 unspecified atom stereocenters. The highest BCUT2D eigenvalue weighted by atomic mass is 16.3. The molecule has 0 saturated carbocycles. The largest absolute Gasteiger partial charge is 0.435 e. The quantitative estimate of drug-likeness (QED) is 0.162. The smallest absolute Gasteiger partial charge is 0.227 e. The van der Waals surface area contributed by atoms with Crippen LogP contribution < -0.4 is 4.90 Å². The minimum absolute atomic E-state index is 0.617. The Bertz CT molecular complexity index is 3560. The van der Waals surface area contributed by atoms with Gasteiger partial charge in [-0.2, -0.15) is 0 Å². The summed E-state index contributed by atoms with van der Waals surface area (Å²) in [6.45, 7) is 0. The molecular formula is C57H37N3O. The highest BCUT2D eigenvalue weighted by molar-refractivity contribution is 6.11. The second-order valence-electron chi connectivity index (χ2n) is 15.6. The van der Waals surface area contributed by atoms with Crippen molar-refractivity contribution in [1.29, 1.82) is 0 Å². The van der Waals surface area contributed by atoms with Crippen LogP contribution in [-0.4, -0.2) is 9.55 Å². The van der Waals surface area contributed by atoms with Gasteiger partial charge >= 0.3 is 0 Å². The van der Waals surface area contributed by atoms with E-state index in [1.54, 1.807) is 0 Å². The molecule has 4 heteroatoms. The lowest BCUT2D eigenvalue weighted by Crippen LogP contribution is -2.10. The topological polar surface area (TPSA) is 34.2 Å². The predicted molar refractivity (Wildman–Crippen MR) is 254 cm³/mol. The number of fused-ring (bicyclic) bond motifs is 7. The number of oxazole rings is 1. The maximum Gasteiger partial charge on any atom is 0.227 e. The van der Waals surface area contributed by atoms with E-state index in [9.17, 15) is 0 Å². The lowest BCUT2D eigenvalue weighted by atomic mass is 9.97. The molecule has 286 valence electrons. The predicted octanol–water partition coefficient (Wildman–Crippen LogP) is 15.7. The first-order valence-electron chi connectivity index (χ1n) is 20.7. The summed E-state index contributed by atoms with van der Waals surface area (Å²) in [7, 11) is 0. The first-order valence-corrected chi connectivity index (χ1v) is 20.7. The molecule has 0 spiro atoms. The van der Waals surface area contributed by atoms with Crippen molar-refractivity contribution in [2.24, 2.45) is 0 Å². The first kappa shape index (κ1) is 34.8. The maximum absolute atomic E-state index is 6.55. The molecule has 0 aliphatic carbocycles. The zero-order valence-corrected chi connectivity index (χ0v) is 33.1. The zero-order chi connectivity index (χ0) is 40.3. The molecule has 0 aliphatic rings. The molecule has 0 bridgehead atoms. The summed E-state index contributed by atoms with van der Waals surface area (Å²) in [5, 5.41) is 7.09. The summed E-state index contributed by atoms with van der Waals surface area (Å²) in [5.74, 6) is 0.617. The van der Waals surface area contributed by atoms with Gasteiger partial charge in [0, 0.05) is 50.0 Å². The van der Waals surface area contributed by atoms with Crippen LogP contribution in [0.3, 0.4) is 0 Å². The number of hydrogen-bond donors (Lipinski definition) is 0. The summed E-state index contributed by atoms with van der Waals surface area (Å²) < 4.78 is 8.93. The average molecular weight is 780 g/mol. The molecule has 2 aromatic heterocycles. The van der Waals surface area contributed by atoms with Crippen LogP contribution in [0.2, 0.25) is 0 Å². The highest BCUT2D eigenvalue weighted by Crippen LogP contribution is 2.43. The van der Waals surface area contributed by atoms with Crippen LogP contribution in [0.4, 0.5) is 17.1 Å². The summed E-state index contributed by atoms with van der Waals surface area (Å²) in [6, 6.07) is 80.0. The van der Waals surface area contributed by atoms with Gasteiger partial charge in [-0.3, -0.25) is 0 Å². The van der Waals surface area contributed by atoms with E-state index in [0.717, 1.165) is 66.8 Å². The van der Waals surface area contributed by atoms with Gasteiger partial charge in [-0.1, -0.05) is 152 Å². The van der Waals surface area contributed by atoms with Crippen LogP contribution in [-0.2, 0) is 0 Å². The molecule has 12 rings (SSSR count). The number of aromatic nitrogens is 2. The van der Waals surface area contributed by atoms with Crippen LogP contribution in [0, 0.1) is 0 Å². The van der Waals surface area contributed by atoms with Gasteiger partial charge in [0.2, 0.25) is 5.89 Å².